The average Bonchev–Trinajstić information content (AvgIpc) is 2.47. The molecule has 0 spiro atoms. The fraction of sp³-hybridized carbons (Fsp3) is 0.867. The van der Waals surface area contributed by atoms with Gasteiger partial charge in [0, 0.05) is 25.0 Å². The van der Waals surface area contributed by atoms with Crippen LogP contribution < -0.4 is 11.1 Å². The number of hydrogen-bond acceptors (Lipinski definition) is 4. The first-order valence-corrected chi connectivity index (χ1v) is 7.99. The van der Waals surface area contributed by atoms with Gasteiger partial charge in [-0.3, -0.25) is 9.59 Å². The van der Waals surface area contributed by atoms with E-state index in [4.69, 9.17) is 10.5 Å². The molecule has 0 aromatic carbocycles. The number of morpholine rings is 1. The van der Waals surface area contributed by atoms with Gasteiger partial charge in [-0.2, -0.15) is 0 Å². The fourth-order valence-corrected chi connectivity index (χ4v) is 3.25. The zero-order chi connectivity index (χ0) is 15.3. The molecule has 2 rings (SSSR count). The molecule has 21 heavy (non-hydrogen) atoms. The maximum Gasteiger partial charge on any atom is 0.245 e. The lowest BCUT2D eigenvalue weighted by molar-refractivity contribution is -0.149. The van der Waals surface area contributed by atoms with E-state index in [2.05, 4.69) is 5.32 Å². The van der Waals surface area contributed by atoms with E-state index in [0.717, 1.165) is 25.7 Å². The molecule has 1 aliphatic heterocycles. The van der Waals surface area contributed by atoms with Gasteiger partial charge in [-0.05, 0) is 19.8 Å². The van der Waals surface area contributed by atoms with Gasteiger partial charge in [0.1, 0.15) is 6.04 Å². The number of rotatable bonds is 4. The van der Waals surface area contributed by atoms with E-state index in [-0.39, 0.29) is 24.0 Å². The first-order valence-electron chi connectivity index (χ1n) is 7.99. The molecule has 120 valence electrons. The fourth-order valence-electron chi connectivity index (χ4n) is 3.25. The molecule has 1 atom stereocenters. The van der Waals surface area contributed by atoms with E-state index in [0.29, 0.717) is 26.1 Å². The third kappa shape index (κ3) is 4.17. The molecule has 1 saturated carbocycles. The monoisotopic (exact) mass is 297 g/mol. The van der Waals surface area contributed by atoms with Crippen LogP contribution in [0.2, 0.25) is 0 Å². The van der Waals surface area contributed by atoms with Crippen LogP contribution in [0.3, 0.4) is 0 Å². The van der Waals surface area contributed by atoms with Crippen LogP contribution in [0.25, 0.3) is 0 Å². The van der Waals surface area contributed by atoms with Gasteiger partial charge in [-0.25, -0.2) is 0 Å². The van der Waals surface area contributed by atoms with Gasteiger partial charge in [0.05, 0.1) is 13.2 Å². The van der Waals surface area contributed by atoms with Gasteiger partial charge in [-0.15, -0.1) is 0 Å². The first-order chi connectivity index (χ1) is 10.1. The zero-order valence-electron chi connectivity index (χ0n) is 12.9. The standard InChI is InChI=1S/C15H27N3O3/c1-2-17-14(20)12-11-21-9-8-18(12)13(19)10-15(16)6-4-3-5-7-15/h12H,2-11,16H2,1H3,(H,17,20). The Labute approximate surface area is 126 Å². The first kappa shape index (κ1) is 16.2. The third-order valence-corrected chi connectivity index (χ3v) is 4.46. The highest BCUT2D eigenvalue weighted by atomic mass is 16.5. The van der Waals surface area contributed by atoms with Gasteiger partial charge < -0.3 is 20.7 Å². The summed E-state index contributed by atoms with van der Waals surface area (Å²) in [4.78, 5) is 26.3. The number of carbonyl (C=O) groups excluding carboxylic acids is 2. The molecule has 1 heterocycles. The van der Waals surface area contributed by atoms with Crippen molar-refractivity contribution in [1.82, 2.24) is 10.2 Å². The average molecular weight is 297 g/mol. The van der Waals surface area contributed by atoms with Crippen LogP contribution in [0, 0.1) is 0 Å². The summed E-state index contributed by atoms with van der Waals surface area (Å²) in [7, 11) is 0. The van der Waals surface area contributed by atoms with Crippen molar-refractivity contribution in [3.8, 4) is 0 Å². The molecule has 0 aromatic heterocycles. The van der Waals surface area contributed by atoms with Crippen molar-refractivity contribution < 1.29 is 14.3 Å². The largest absolute Gasteiger partial charge is 0.377 e. The summed E-state index contributed by atoms with van der Waals surface area (Å²) in [6.07, 6.45) is 5.51. The second kappa shape index (κ2) is 7.22. The highest BCUT2D eigenvalue weighted by Gasteiger charge is 2.37. The second-order valence-corrected chi connectivity index (χ2v) is 6.17. The normalized spacial score (nSPS) is 25.4. The highest BCUT2D eigenvalue weighted by Crippen LogP contribution is 2.29. The molecule has 0 bridgehead atoms. The molecule has 2 aliphatic rings. The number of hydrogen-bond donors (Lipinski definition) is 2. The van der Waals surface area contributed by atoms with Crippen LogP contribution in [0.1, 0.15) is 45.4 Å². The number of nitrogens with one attached hydrogen (secondary N) is 1. The number of nitrogens with two attached hydrogens (primary N) is 1. The second-order valence-electron chi connectivity index (χ2n) is 6.17. The lowest BCUT2D eigenvalue weighted by atomic mass is 9.80. The van der Waals surface area contributed by atoms with Crippen LogP contribution in [0.5, 0.6) is 0 Å². The van der Waals surface area contributed by atoms with Crippen molar-refractivity contribution in [2.75, 3.05) is 26.3 Å². The number of carbonyl (C=O) groups is 2. The molecule has 0 aromatic rings. The zero-order valence-corrected chi connectivity index (χ0v) is 12.9. The van der Waals surface area contributed by atoms with Crippen LogP contribution in [0.15, 0.2) is 0 Å². The van der Waals surface area contributed by atoms with Crippen molar-refractivity contribution in [3.63, 3.8) is 0 Å². The van der Waals surface area contributed by atoms with Gasteiger partial charge in [0.25, 0.3) is 0 Å². The van der Waals surface area contributed by atoms with Gasteiger partial charge in [0.2, 0.25) is 11.8 Å². The molecule has 6 heteroatoms. The Morgan fingerprint density at radius 1 is 1.33 bits per heavy atom. The van der Waals surface area contributed by atoms with E-state index in [1.54, 1.807) is 4.90 Å². The third-order valence-electron chi connectivity index (χ3n) is 4.46. The summed E-state index contributed by atoms with van der Waals surface area (Å²) in [5, 5.41) is 2.77. The van der Waals surface area contributed by atoms with E-state index < -0.39 is 6.04 Å². The molecule has 6 nitrogen and oxygen atoms in total. The van der Waals surface area contributed by atoms with Crippen LogP contribution in [-0.2, 0) is 14.3 Å². The molecular formula is C15H27N3O3. The molecule has 3 N–H and O–H groups in total. The summed E-state index contributed by atoms with van der Waals surface area (Å²) in [5.41, 5.74) is 5.98. The minimum absolute atomic E-state index is 0.0149. The maximum absolute atomic E-state index is 12.6. The molecule has 2 fully saturated rings. The van der Waals surface area contributed by atoms with Crippen molar-refractivity contribution in [1.29, 1.82) is 0 Å². The molecule has 1 saturated heterocycles. The Kier molecular flexibility index (Phi) is 5.58. The molecule has 0 radical (unpaired) electrons. The van der Waals surface area contributed by atoms with Gasteiger partial charge >= 0.3 is 0 Å². The minimum Gasteiger partial charge on any atom is -0.377 e. The Morgan fingerprint density at radius 3 is 2.71 bits per heavy atom. The Morgan fingerprint density at radius 2 is 2.05 bits per heavy atom. The maximum atomic E-state index is 12.6. The summed E-state index contributed by atoms with van der Waals surface area (Å²) in [5.74, 6) is -0.154. The van der Waals surface area contributed by atoms with Crippen LogP contribution >= 0.6 is 0 Å². The van der Waals surface area contributed by atoms with E-state index in [1.165, 1.54) is 6.42 Å². The number of amides is 2. The minimum atomic E-state index is -0.515. The van der Waals surface area contributed by atoms with E-state index in [9.17, 15) is 9.59 Å². The highest BCUT2D eigenvalue weighted by molar-refractivity contribution is 5.88. The van der Waals surface area contributed by atoms with Crippen molar-refractivity contribution in [2.45, 2.75) is 57.0 Å². The molecule has 1 unspecified atom stereocenters. The number of nitrogens with zero attached hydrogens (tertiary/aromatic N) is 1. The quantitative estimate of drug-likeness (QED) is 0.787. The van der Waals surface area contributed by atoms with Gasteiger partial charge in [0.15, 0.2) is 0 Å². The van der Waals surface area contributed by atoms with E-state index >= 15 is 0 Å². The van der Waals surface area contributed by atoms with Crippen LogP contribution in [0.4, 0.5) is 0 Å². The van der Waals surface area contributed by atoms with Crippen LogP contribution in [-0.4, -0.2) is 54.6 Å². The summed E-state index contributed by atoms with van der Waals surface area (Å²) in [6, 6.07) is -0.515. The molecule has 2 amide bonds. The lowest BCUT2D eigenvalue weighted by Gasteiger charge is -2.38. The Balaban J connectivity index is 1.99. The smallest absolute Gasteiger partial charge is 0.245 e. The van der Waals surface area contributed by atoms with Gasteiger partial charge in [-0.1, -0.05) is 19.3 Å². The van der Waals surface area contributed by atoms with Crippen molar-refractivity contribution in [3.05, 3.63) is 0 Å². The number of likely N-dealkylation sites (N-methyl/N-ethyl adjacent to an activating group) is 1. The summed E-state index contributed by atoms with van der Waals surface area (Å²) < 4.78 is 5.36. The summed E-state index contributed by atoms with van der Waals surface area (Å²) >= 11 is 0. The summed E-state index contributed by atoms with van der Waals surface area (Å²) in [6.45, 7) is 3.65. The van der Waals surface area contributed by atoms with Crippen molar-refractivity contribution >= 4 is 11.8 Å². The predicted octanol–water partition coefficient (Wildman–Crippen LogP) is 0.402. The molecule has 1 aliphatic carbocycles. The topological polar surface area (TPSA) is 84.7 Å². The van der Waals surface area contributed by atoms with E-state index in [1.807, 2.05) is 6.92 Å². The predicted molar refractivity (Wildman–Crippen MR) is 79.6 cm³/mol. The number of ether oxygens (including phenoxy) is 1. The SMILES string of the molecule is CCNC(=O)C1COCCN1C(=O)CC1(N)CCCCC1. The lowest BCUT2D eigenvalue weighted by Crippen LogP contribution is -2.57. The van der Waals surface area contributed by atoms with Crippen molar-refractivity contribution in [2.24, 2.45) is 5.73 Å². The Bertz CT molecular complexity index is 380. The Hall–Kier alpha value is -1.14. The molecular weight excluding hydrogens is 270 g/mol.